The van der Waals surface area contributed by atoms with Gasteiger partial charge in [0.2, 0.25) is 0 Å². The van der Waals surface area contributed by atoms with Gasteiger partial charge in [-0.1, -0.05) is 146 Å². The molecule has 0 N–H and O–H groups in total. The quantitative estimate of drug-likeness (QED) is 0.155. The molecule has 0 radical (unpaired) electrons. The van der Waals surface area contributed by atoms with Crippen LogP contribution in [0, 0.1) is 0 Å². The molecular weight excluding hydrogens is 721 g/mol. The number of benzene rings is 9. The van der Waals surface area contributed by atoms with E-state index in [1.807, 2.05) is 17.4 Å². The lowest BCUT2D eigenvalue weighted by atomic mass is 9.88. The third-order valence-corrected chi connectivity index (χ3v) is 13.3. The highest BCUT2D eigenvalue weighted by Crippen LogP contribution is 2.51. The molecule has 0 saturated carbocycles. The molecule has 0 aliphatic carbocycles. The minimum Gasteiger partial charge on any atom is -0.307 e. The fourth-order valence-electron chi connectivity index (χ4n) is 9.82. The number of fused-ring (bicyclic) bond motifs is 16. The molecule has 0 atom stereocenters. The topological polar surface area (TPSA) is 9.86 Å². The van der Waals surface area contributed by atoms with Gasteiger partial charge in [0.05, 0.1) is 22.2 Å². The van der Waals surface area contributed by atoms with Crippen LogP contribution in [0.4, 0.5) is 0 Å². The highest BCUT2D eigenvalue weighted by atomic mass is 32.1. The van der Waals surface area contributed by atoms with Crippen LogP contribution < -0.4 is 0 Å². The van der Waals surface area contributed by atoms with Crippen molar-refractivity contribution in [3.05, 3.63) is 194 Å². The van der Waals surface area contributed by atoms with Crippen LogP contribution >= 0.6 is 11.3 Å². The van der Waals surface area contributed by atoms with Crippen LogP contribution in [0.3, 0.4) is 0 Å². The zero-order valence-electron chi connectivity index (χ0n) is 31.9. The normalized spacial score (nSPS) is 12.2. The first kappa shape index (κ1) is 33.0. The van der Waals surface area contributed by atoms with E-state index in [-0.39, 0.29) is 0 Å². The van der Waals surface area contributed by atoms with E-state index < -0.39 is 0 Å². The molecule has 0 amide bonds. The molecule has 3 heteroatoms. The Hall–Kier alpha value is -7.20. The average Bonchev–Trinajstić information content (AvgIpc) is 3.94. The summed E-state index contributed by atoms with van der Waals surface area (Å²) in [4.78, 5) is 0. The molecule has 0 saturated heterocycles. The van der Waals surface area contributed by atoms with Gasteiger partial charge in [-0.15, -0.1) is 11.3 Å². The molecule has 3 heterocycles. The van der Waals surface area contributed by atoms with Crippen LogP contribution in [0.15, 0.2) is 183 Å². The second-order valence-electron chi connectivity index (χ2n) is 15.2. The van der Waals surface area contributed by atoms with E-state index in [0.29, 0.717) is 0 Å². The maximum atomic E-state index is 4.46. The monoisotopic (exact) mass is 756 g/mol. The van der Waals surface area contributed by atoms with Crippen molar-refractivity contribution in [2.45, 2.75) is 6.92 Å². The number of allylic oxidation sites excluding steroid dienone is 1. The third kappa shape index (κ3) is 4.54. The smallest absolute Gasteiger partial charge is 0.0795 e. The van der Waals surface area contributed by atoms with Crippen molar-refractivity contribution in [2.75, 3.05) is 0 Å². The second kappa shape index (κ2) is 12.7. The van der Waals surface area contributed by atoms with E-state index in [9.17, 15) is 0 Å². The Bertz CT molecular complexity index is 3690. The van der Waals surface area contributed by atoms with Gasteiger partial charge < -0.3 is 9.13 Å². The summed E-state index contributed by atoms with van der Waals surface area (Å²) in [5, 5.41) is 14.0. The fraction of sp³-hybridized carbons (Fsp3) is 0.0182. The zero-order valence-corrected chi connectivity index (χ0v) is 32.7. The molecule has 9 aromatic carbocycles. The van der Waals surface area contributed by atoms with Crippen molar-refractivity contribution in [1.29, 1.82) is 0 Å². The number of rotatable bonds is 5. The van der Waals surface area contributed by atoms with Crippen LogP contribution in [0.2, 0.25) is 0 Å². The van der Waals surface area contributed by atoms with Crippen LogP contribution in [-0.4, -0.2) is 9.13 Å². The molecular formula is C55H36N2S. The first-order chi connectivity index (χ1) is 28.7. The Morgan fingerprint density at radius 3 is 1.71 bits per heavy atom. The van der Waals surface area contributed by atoms with E-state index in [0.717, 1.165) is 17.1 Å². The Morgan fingerprint density at radius 1 is 0.448 bits per heavy atom. The van der Waals surface area contributed by atoms with Crippen molar-refractivity contribution < 1.29 is 0 Å². The number of hydrogen-bond donors (Lipinski definition) is 0. The first-order valence-corrected chi connectivity index (χ1v) is 20.7. The van der Waals surface area contributed by atoms with E-state index in [2.05, 4.69) is 205 Å². The molecule has 0 aliphatic heterocycles. The molecule has 3 aromatic heterocycles. The van der Waals surface area contributed by atoms with Gasteiger partial charge in [-0.25, -0.2) is 0 Å². The van der Waals surface area contributed by atoms with E-state index in [1.54, 1.807) is 0 Å². The molecule has 0 unspecified atom stereocenters. The van der Waals surface area contributed by atoms with Crippen molar-refractivity contribution in [2.24, 2.45) is 0 Å². The number of thiophene rings is 1. The van der Waals surface area contributed by atoms with Gasteiger partial charge in [0.25, 0.3) is 0 Å². The Balaban J connectivity index is 1.26. The van der Waals surface area contributed by atoms with Gasteiger partial charge >= 0.3 is 0 Å². The molecule has 0 bridgehead atoms. The van der Waals surface area contributed by atoms with Crippen LogP contribution in [-0.2, 0) is 0 Å². The maximum absolute atomic E-state index is 4.46. The van der Waals surface area contributed by atoms with E-state index in [4.69, 9.17) is 0 Å². The van der Waals surface area contributed by atoms with Crippen LogP contribution in [0.5, 0.6) is 0 Å². The Labute approximate surface area is 339 Å². The molecule has 0 fully saturated rings. The number of para-hydroxylation sites is 2. The summed E-state index contributed by atoms with van der Waals surface area (Å²) in [6.45, 7) is 6.57. The minimum absolute atomic E-state index is 1.08. The zero-order chi connectivity index (χ0) is 38.5. The molecule has 12 aromatic rings. The van der Waals surface area contributed by atoms with Gasteiger partial charge in [0.15, 0.2) is 0 Å². The summed E-state index contributed by atoms with van der Waals surface area (Å²) in [6.07, 6.45) is 6.49. The van der Waals surface area contributed by atoms with Gasteiger partial charge in [-0.3, -0.25) is 0 Å². The Kier molecular flexibility index (Phi) is 7.20. The molecule has 272 valence electrons. The minimum atomic E-state index is 1.08. The largest absolute Gasteiger partial charge is 0.307 e. The number of nitrogens with zero attached hydrogens (tertiary/aromatic N) is 2. The molecule has 0 aliphatic rings. The van der Waals surface area contributed by atoms with Crippen LogP contribution in [0.25, 0.3) is 120 Å². The van der Waals surface area contributed by atoms with Crippen molar-refractivity contribution in [3.8, 4) is 22.5 Å². The predicted octanol–water partition coefficient (Wildman–Crippen LogP) is 15.9. The average molecular weight is 757 g/mol. The summed E-state index contributed by atoms with van der Waals surface area (Å²) in [5.41, 5.74) is 10.4. The standard InChI is InChI=1S/C55H36N2S/c1-3-16-44-46(4-2)56(36-17-6-5-7-18-36)54-52(44)50-42-22-10-8-19-38(42)39-20-9-11-23-43(39)51(50)53-45-24-12-14-25-47(45)57(55(53)54)37-30-27-34(28-31-37)35-29-32-41-40-21-13-15-26-48(40)58-49(41)33-35/h3-33H,2H2,1H3/b16-3-. The fourth-order valence-corrected chi connectivity index (χ4v) is 11.0. The van der Waals surface area contributed by atoms with Crippen LogP contribution in [0.1, 0.15) is 18.2 Å². The maximum Gasteiger partial charge on any atom is 0.0795 e. The van der Waals surface area contributed by atoms with E-state index in [1.165, 1.54) is 102 Å². The van der Waals surface area contributed by atoms with E-state index >= 15 is 0 Å². The summed E-state index contributed by atoms with van der Waals surface area (Å²) in [6, 6.07) is 62.5. The predicted molar refractivity (Wildman–Crippen MR) is 253 cm³/mol. The SMILES string of the molecule is C=Cc1c(/C=C\C)c2c3c4ccccc4c4ccccc4c3c3c4ccccc4n(-c4ccc(-c5ccc6c(c5)sc5ccccc56)cc4)c3c2n1-c1ccccc1. The Morgan fingerprint density at radius 2 is 1.00 bits per heavy atom. The number of aromatic nitrogens is 2. The lowest BCUT2D eigenvalue weighted by Crippen LogP contribution is -2.00. The summed E-state index contributed by atoms with van der Waals surface area (Å²) in [5.74, 6) is 0. The highest BCUT2D eigenvalue weighted by Gasteiger charge is 2.28. The first-order valence-electron chi connectivity index (χ1n) is 19.9. The van der Waals surface area contributed by atoms with Gasteiger partial charge in [0.1, 0.15) is 0 Å². The van der Waals surface area contributed by atoms with Crippen molar-refractivity contribution in [1.82, 2.24) is 9.13 Å². The van der Waals surface area contributed by atoms with Crippen molar-refractivity contribution >= 4 is 109 Å². The molecule has 0 spiro atoms. The van der Waals surface area contributed by atoms with Crippen molar-refractivity contribution in [3.63, 3.8) is 0 Å². The van der Waals surface area contributed by atoms with Gasteiger partial charge in [-0.2, -0.15) is 0 Å². The molecule has 58 heavy (non-hydrogen) atoms. The summed E-state index contributed by atoms with van der Waals surface area (Å²) < 4.78 is 7.61. The lowest BCUT2D eigenvalue weighted by Gasteiger charge is -2.17. The summed E-state index contributed by atoms with van der Waals surface area (Å²) >= 11 is 1.87. The van der Waals surface area contributed by atoms with Gasteiger partial charge in [-0.05, 0) is 88.1 Å². The third-order valence-electron chi connectivity index (χ3n) is 12.2. The lowest BCUT2D eigenvalue weighted by molar-refractivity contribution is 1.10. The molecule has 2 nitrogen and oxygen atoms in total. The second-order valence-corrected chi connectivity index (χ2v) is 16.3. The highest BCUT2D eigenvalue weighted by molar-refractivity contribution is 7.25. The molecule has 12 rings (SSSR count). The van der Waals surface area contributed by atoms with Gasteiger partial charge in [0, 0.05) is 64.0 Å². The summed E-state index contributed by atoms with van der Waals surface area (Å²) in [7, 11) is 0. The number of hydrogen-bond acceptors (Lipinski definition) is 1.